The first-order valence-electron chi connectivity index (χ1n) is 14.9. The molecule has 5 rings (SSSR count). The number of aryl methyl sites for hydroxylation is 1. The molecule has 0 bridgehead atoms. The summed E-state index contributed by atoms with van der Waals surface area (Å²) in [6.45, 7) is 11.2. The van der Waals surface area contributed by atoms with Gasteiger partial charge in [0.25, 0.3) is 0 Å². The van der Waals surface area contributed by atoms with Crippen molar-refractivity contribution in [1.82, 2.24) is 0 Å². The van der Waals surface area contributed by atoms with E-state index in [9.17, 15) is 31.2 Å². The molecule has 1 N–H and O–H groups in total. The summed E-state index contributed by atoms with van der Waals surface area (Å²) in [7, 11) is -6.11. The second-order valence-electron chi connectivity index (χ2n) is 12.6. The van der Waals surface area contributed by atoms with Crippen LogP contribution in [0.5, 0.6) is 5.75 Å². The summed E-state index contributed by atoms with van der Waals surface area (Å²) in [6.07, 6.45) is 1.99. The van der Waals surface area contributed by atoms with Crippen LogP contribution in [0.3, 0.4) is 0 Å². The SMILES string of the molecule is Cc1cc(C(C)Nc2cccc(F)c2-c2ccc(C=O)c(OS(=O)(=O)C(F)(F)F)c2)c2oc(N3CCC(C)(C)CC3)c(C)c(=O)c2c1. The number of alkyl halides is 3. The van der Waals surface area contributed by atoms with E-state index < -0.39 is 38.8 Å². The van der Waals surface area contributed by atoms with Crippen molar-refractivity contribution in [1.29, 1.82) is 0 Å². The average molecular weight is 675 g/mol. The summed E-state index contributed by atoms with van der Waals surface area (Å²) >= 11 is 0. The van der Waals surface area contributed by atoms with Crippen LogP contribution in [0.25, 0.3) is 22.1 Å². The molecule has 1 unspecified atom stereocenters. The molecule has 0 spiro atoms. The van der Waals surface area contributed by atoms with Crippen LogP contribution in [0, 0.1) is 25.1 Å². The summed E-state index contributed by atoms with van der Waals surface area (Å²) in [5, 5.41) is 3.62. The minimum Gasteiger partial charge on any atom is -0.440 e. The van der Waals surface area contributed by atoms with E-state index in [2.05, 4.69) is 28.2 Å². The van der Waals surface area contributed by atoms with Gasteiger partial charge in [0, 0.05) is 29.9 Å². The Morgan fingerprint density at radius 3 is 2.38 bits per heavy atom. The number of fused-ring (bicyclic) bond motifs is 1. The molecule has 1 aliphatic heterocycles. The molecule has 1 saturated heterocycles. The number of aldehydes is 1. The molecule has 2 heterocycles. The van der Waals surface area contributed by atoms with Crippen LogP contribution in [0.2, 0.25) is 0 Å². The first-order chi connectivity index (χ1) is 21.9. The lowest BCUT2D eigenvalue weighted by molar-refractivity contribution is -0.0500. The number of carbonyl (C=O) groups excluding carboxylic acids is 1. The van der Waals surface area contributed by atoms with Gasteiger partial charge in [-0.3, -0.25) is 9.59 Å². The van der Waals surface area contributed by atoms with Gasteiger partial charge in [0.15, 0.2) is 17.5 Å². The Labute approximate surface area is 269 Å². The monoisotopic (exact) mass is 674 g/mol. The number of rotatable bonds is 8. The predicted octanol–water partition coefficient (Wildman–Crippen LogP) is 8.06. The maximum absolute atomic E-state index is 15.4. The normalized spacial score (nSPS) is 15.8. The molecule has 1 aliphatic rings. The second-order valence-corrected chi connectivity index (χ2v) is 14.2. The van der Waals surface area contributed by atoms with Gasteiger partial charge in [-0.25, -0.2) is 4.39 Å². The fraction of sp³-hybridized carbons (Fsp3) is 0.353. The van der Waals surface area contributed by atoms with Crippen molar-refractivity contribution in [2.24, 2.45) is 5.41 Å². The van der Waals surface area contributed by atoms with Gasteiger partial charge >= 0.3 is 15.6 Å². The van der Waals surface area contributed by atoms with E-state index in [0.717, 1.165) is 49.7 Å². The molecular weight excluding hydrogens is 640 g/mol. The Hall–Kier alpha value is -4.39. The van der Waals surface area contributed by atoms with Crippen molar-refractivity contribution in [3.05, 3.63) is 86.8 Å². The molecule has 1 atom stereocenters. The highest BCUT2D eigenvalue weighted by atomic mass is 32.2. The maximum atomic E-state index is 15.4. The molecule has 0 saturated carbocycles. The van der Waals surface area contributed by atoms with Gasteiger partial charge in [-0.05, 0) is 80.5 Å². The third-order valence-corrected chi connectivity index (χ3v) is 9.50. The molecule has 250 valence electrons. The van der Waals surface area contributed by atoms with Gasteiger partial charge in [-0.1, -0.05) is 32.0 Å². The lowest BCUT2D eigenvalue weighted by Gasteiger charge is -2.37. The highest BCUT2D eigenvalue weighted by Crippen LogP contribution is 2.39. The number of nitrogens with one attached hydrogen (secondary N) is 1. The molecule has 8 nitrogen and oxygen atoms in total. The van der Waals surface area contributed by atoms with E-state index in [0.29, 0.717) is 28.0 Å². The van der Waals surface area contributed by atoms with Crippen molar-refractivity contribution in [3.8, 4) is 16.9 Å². The lowest BCUT2D eigenvalue weighted by atomic mass is 9.82. The smallest absolute Gasteiger partial charge is 0.440 e. The molecule has 1 fully saturated rings. The zero-order valence-corrected chi connectivity index (χ0v) is 27.2. The minimum absolute atomic E-state index is 0.0534. The van der Waals surface area contributed by atoms with Crippen molar-refractivity contribution in [2.75, 3.05) is 23.3 Å². The molecule has 0 aliphatic carbocycles. The molecule has 3 aromatic carbocycles. The lowest BCUT2D eigenvalue weighted by Crippen LogP contribution is -2.38. The standard InChI is InChI=1S/C34H34F4N2O6S/c1-19-15-24(31-25(16-19)30(42)20(2)32(45-31)40-13-11-33(4,5)12-14-40)21(3)39-27-8-6-7-26(35)29(27)22-9-10-23(18-41)28(17-22)46-47(43,44)34(36,37)38/h6-10,15-18,21,39H,11-14H2,1-5H3. The van der Waals surface area contributed by atoms with Crippen LogP contribution in [0.15, 0.2) is 57.7 Å². The summed E-state index contributed by atoms with van der Waals surface area (Å²) in [5.74, 6) is -1.19. The topological polar surface area (TPSA) is 106 Å². The van der Waals surface area contributed by atoms with Gasteiger partial charge in [0.1, 0.15) is 11.4 Å². The number of piperidine rings is 1. The molecule has 0 amide bonds. The van der Waals surface area contributed by atoms with Gasteiger partial charge in [-0.2, -0.15) is 21.6 Å². The van der Waals surface area contributed by atoms with Crippen LogP contribution in [0.4, 0.5) is 29.1 Å². The van der Waals surface area contributed by atoms with Crippen LogP contribution < -0.4 is 19.8 Å². The summed E-state index contributed by atoms with van der Waals surface area (Å²) in [4.78, 5) is 27.2. The molecule has 47 heavy (non-hydrogen) atoms. The predicted molar refractivity (Wildman–Crippen MR) is 172 cm³/mol. The Morgan fingerprint density at radius 2 is 1.74 bits per heavy atom. The Kier molecular flexibility index (Phi) is 8.91. The van der Waals surface area contributed by atoms with E-state index in [1.165, 1.54) is 18.2 Å². The highest BCUT2D eigenvalue weighted by Gasteiger charge is 2.49. The average Bonchev–Trinajstić information content (AvgIpc) is 2.98. The maximum Gasteiger partial charge on any atom is 0.534 e. The zero-order chi connectivity index (χ0) is 34.5. The van der Waals surface area contributed by atoms with Crippen LogP contribution >= 0.6 is 0 Å². The summed E-state index contributed by atoms with van der Waals surface area (Å²) in [6, 6.07) is 10.3. The molecule has 4 aromatic rings. The number of hydrogen-bond donors (Lipinski definition) is 1. The van der Waals surface area contributed by atoms with Gasteiger partial charge in [0.2, 0.25) is 5.88 Å². The molecular formula is C34H34F4N2O6S. The zero-order valence-electron chi connectivity index (χ0n) is 26.4. The van der Waals surface area contributed by atoms with Crippen LogP contribution in [-0.2, 0) is 10.1 Å². The van der Waals surface area contributed by atoms with Crippen molar-refractivity contribution >= 4 is 38.9 Å². The molecule has 1 aromatic heterocycles. The Morgan fingerprint density at radius 1 is 1.06 bits per heavy atom. The largest absolute Gasteiger partial charge is 0.534 e. The molecule has 13 heteroatoms. The quantitative estimate of drug-likeness (QED) is 0.0866. The number of halogens is 4. The Bertz CT molecular complexity index is 2030. The summed E-state index contributed by atoms with van der Waals surface area (Å²) in [5.41, 5.74) is -3.91. The number of carbonyl (C=O) groups is 1. The fourth-order valence-electron chi connectivity index (χ4n) is 5.77. The number of nitrogens with zero attached hydrogens (tertiary/aromatic N) is 1. The minimum atomic E-state index is -6.11. The first kappa shape index (κ1) is 34.0. The van der Waals surface area contributed by atoms with Gasteiger partial charge in [0.05, 0.1) is 22.6 Å². The van der Waals surface area contributed by atoms with E-state index in [1.807, 2.05) is 13.0 Å². The van der Waals surface area contributed by atoms with Crippen LogP contribution in [-0.4, -0.2) is 33.3 Å². The van der Waals surface area contributed by atoms with Gasteiger partial charge in [-0.15, -0.1) is 0 Å². The van der Waals surface area contributed by atoms with Crippen molar-refractivity contribution in [3.63, 3.8) is 0 Å². The highest BCUT2D eigenvalue weighted by molar-refractivity contribution is 7.88. The Balaban J connectivity index is 1.57. The number of hydrogen-bond acceptors (Lipinski definition) is 8. The van der Waals surface area contributed by atoms with Crippen LogP contribution in [0.1, 0.15) is 66.7 Å². The third kappa shape index (κ3) is 6.71. The summed E-state index contributed by atoms with van der Waals surface area (Å²) < 4.78 is 88.8. The first-order valence-corrected chi connectivity index (χ1v) is 16.3. The fourth-order valence-corrected chi connectivity index (χ4v) is 6.24. The van der Waals surface area contributed by atoms with E-state index in [4.69, 9.17) is 4.42 Å². The van der Waals surface area contributed by atoms with E-state index >= 15 is 4.39 Å². The number of benzene rings is 3. The van der Waals surface area contributed by atoms with Crippen molar-refractivity contribution < 1.29 is 39.4 Å². The van der Waals surface area contributed by atoms with E-state index in [1.54, 1.807) is 19.9 Å². The third-order valence-electron chi connectivity index (χ3n) is 8.54. The van der Waals surface area contributed by atoms with E-state index in [-0.39, 0.29) is 33.9 Å². The molecule has 0 radical (unpaired) electrons. The second kappa shape index (κ2) is 12.3. The number of anilines is 2. The van der Waals surface area contributed by atoms with Crippen molar-refractivity contribution in [2.45, 2.75) is 59.0 Å². The van der Waals surface area contributed by atoms with Gasteiger partial charge < -0.3 is 18.8 Å².